The lowest BCUT2D eigenvalue weighted by atomic mass is 9.71. The van der Waals surface area contributed by atoms with E-state index in [1.165, 1.54) is 26.2 Å². The number of benzene rings is 3. The Morgan fingerprint density at radius 1 is 0.822 bits per heavy atom. The number of carbonyl (C=O) groups is 3. The van der Waals surface area contributed by atoms with Gasteiger partial charge in [-0.3, -0.25) is 19.3 Å². The van der Waals surface area contributed by atoms with Crippen molar-refractivity contribution in [1.82, 2.24) is 9.80 Å². The molecule has 2 fully saturated rings. The van der Waals surface area contributed by atoms with Gasteiger partial charge in [-0.15, -0.1) is 0 Å². The van der Waals surface area contributed by atoms with E-state index in [9.17, 15) is 14.4 Å². The standard InChI is InChI=1S/C34H37Cl2N3O6/c1-43-27-19-22(20-28(44-2)29(27)45-3)30(40)39-18-14-34(32(39)42,24-9-10-25(35)26(36)21-24)13-17-38-15-11-33(12-16-38,31(37)41)23-7-5-4-6-8-23/h4-10,19-21H,11-18H2,1-3H3,(H2,37,41)/t34-/m1/s1. The number of likely N-dealkylation sites (tertiary alicyclic amines) is 2. The number of amides is 3. The van der Waals surface area contributed by atoms with Crippen LogP contribution in [0.5, 0.6) is 17.2 Å². The molecular formula is C34H37Cl2N3O6. The van der Waals surface area contributed by atoms with Gasteiger partial charge >= 0.3 is 0 Å². The van der Waals surface area contributed by atoms with Crippen LogP contribution in [-0.2, 0) is 20.4 Å². The summed E-state index contributed by atoms with van der Waals surface area (Å²) in [6.07, 6.45) is 2.00. The molecule has 45 heavy (non-hydrogen) atoms. The summed E-state index contributed by atoms with van der Waals surface area (Å²) in [4.78, 5) is 44.5. The van der Waals surface area contributed by atoms with Crippen LogP contribution in [0.4, 0.5) is 0 Å². The van der Waals surface area contributed by atoms with Crippen LogP contribution < -0.4 is 19.9 Å². The molecule has 5 rings (SSSR count). The van der Waals surface area contributed by atoms with Gasteiger partial charge < -0.3 is 24.8 Å². The quantitative estimate of drug-likeness (QED) is 0.298. The van der Waals surface area contributed by atoms with Gasteiger partial charge in [-0.25, -0.2) is 0 Å². The lowest BCUT2D eigenvalue weighted by Crippen LogP contribution is -2.51. The highest BCUT2D eigenvalue weighted by Crippen LogP contribution is 2.44. The molecule has 2 aliphatic rings. The molecule has 3 aromatic rings. The van der Waals surface area contributed by atoms with Crippen molar-refractivity contribution in [2.45, 2.75) is 36.5 Å². The molecule has 2 heterocycles. The molecule has 2 aliphatic heterocycles. The van der Waals surface area contributed by atoms with Crippen LogP contribution in [0.3, 0.4) is 0 Å². The van der Waals surface area contributed by atoms with Gasteiger partial charge in [0.2, 0.25) is 17.6 Å². The second-order valence-electron chi connectivity index (χ2n) is 11.5. The fourth-order valence-electron chi connectivity index (χ4n) is 6.70. The SMILES string of the molecule is COc1cc(C(=O)N2CC[C@](CCN3CCC(C(N)=O)(c4ccccc4)CC3)(c3ccc(Cl)c(Cl)c3)C2=O)cc(OC)c1OC. The monoisotopic (exact) mass is 653 g/mol. The molecule has 0 aromatic heterocycles. The number of primary amides is 1. The second-order valence-corrected chi connectivity index (χ2v) is 12.4. The molecule has 2 N–H and O–H groups in total. The van der Waals surface area contributed by atoms with Crippen molar-refractivity contribution in [3.63, 3.8) is 0 Å². The fraction of sp³-hybridized carbons (Fsp3) is 0.382. The first-order chi connectivity index (χ1) is 21.6. The molecule has 0 radical (unpaired) electrons. The predicted octanol–water partition coefficient (Wildman–Crippen LogP) is 5.24. The number of nitrogens with zero attached hydrogens (tertiary/aromatic N) is 2. The van der Waals surface area contributed by atoms with E-state index in [0.717, 1.165) is 5.56 Å². The Kier molecular flexibility index (Phi) is 9.63. The van der Waals surface area contributed by atoms with Crippen molar-refractivity contribution < 1.29 is 28.6 Å². The molecule has 238 valence electrons. The average Bonchev–Trinajstić information content (AvgIpc) is 3.40. The number of hydrogen-bond acceptors (Lipinski definition) is 7. The van der Waals surface area contributed by atoms with Crippen molar-refractivity contribution in [2.24, 2.45) is 5.73 Å². The first kappa shape index (κ1) is 32.6. The summed E-state index contributed by atoms with van der Waals surface area (Å²) in [5.74, 6) is -0.123. The minimum absolute atomic E-state index is 0.216. The zero-order chi connectivity index (χ0) is 32.4. The van der Waals surface area contributed by atoms with E-state index in [2.05, 4.69) is 4.90 Å². The van der Waals surface area contributed by atoms with Gasteiger partial charge in [0.15, 0.2) is 11.5 Å². The molecule has 3 aromatic carbocycles. The molecule has 0 spiro atoms. The second kappa shape index (κ2) is 13.3. The maximum Gasteiger partial charge on any atom is 0.260 e. The van der Waals surface area contributed by atoms with Gasteiger partial charge in [-0.05, 0) is 80.7 Å². The Balaban J connectivity index is 1.41. The highest BCUT2D eigenvalue weighted by Gasteiger charge is 2.51. The van der Waals surface area contributed by atoms with Crippen LogP contribution >= 0.6 is 23.2 Å². The summed E-state index contributed by atoms with van der Waals surface area (Å²) in [6.45, 7) is 2.06. The van der Waals surface area contributed by atoms with Crippen molar-refractivity contribution in [1.29, 1.82) is 0 Å². The Labute approximate surface area is 273 Å². The Hall–Kier alpha value is -3.79. The first-order valence-electron chi connectivity index (χ1n) is 14.8. The summed E-state index contributed by atoms with van der Waals surface area (Å²) >= 11 is 12.7. The van der Waals surface area contributed by atoms with Gasteiger partial charge in [0.25, 0.3) is 5.91 Å². The zero-order valence-corrected chi connectivity index (χ0v) is 27.1. The van der Waals surface area contributed by atoms with Crippen LogP contribution in [0.2, 0.25) is 10.0 Å². The van der Waals surface area contributed by atoms with Crippen LogP contribution in [-0.4, -0.2) is 75.0 Å². The Bertz CT molecular complexity index is 1570. The molecule has 1 atom stereocenters. The van der Waals surface area contributed by atoms with Gasteiger partial charge in [-0.2, -0.15) is 0 Å². The third kappa shape index (κ3) is 5.96. The number of hydrogen-bond donors (Lipinski definition) is 1. The van der Waals surface area contributed by atoms with Crippen molar-refractivity contribution >= 4 is 40.9 Å². The van der Waals surface area contributed by atoms with Gasteiger partial charge in [0, 0.05) is 12.1 Å². The molecule has 3 amide bonds. The fourth-order valence-corrected chi connectivity index (χ4v) is 7.00. The van der Waals surface area contributed by atoms with E-state index >= 15 is 0 Å². The number of nitrogens with two attached hydrogens (primary N) is 1. The highest BCUT2D eigenvalue weighted by atomic mass is 35.5. The number of methoxy groups -OCH3 is 3. The molecule has 9 nitrogen and oxygen atoms in total. The minimum Gasteiger partial charge on any atom is -0.493 e. The summed E-state index contributed by atoms with van der Waals surface area (Å²) in [5.41, 5.74) is 6.08. The first-order valence-corrected chi connectivity index (χ1v) is 15.6. The predicted molar refractivity (Wildman–Crippen MR) is 173 cm³/mol. The molecule has 2 saturated heterocycles. The molecule has 0 saturated carbocycles. The van der Waals surface area contributed by atoms with Gasteiger partial charge in [0.05, 0.1) is 42.2 Å². The van der Waals surface area contributed by atoms with Gasteiger partial charge in [0.1, 0.15) is 0 Å². The number of ether oxygens (including phenoxy) is 3. The lowest BCUT2D eigenvalue weighted by molar-refractivity contribution is -0.130. The third-order valence-corrected chi connectivity index (χ3v) is 10.1. The normalized spacial score (nSPS) is 19.8. The zero-order valence-electron chi connectivity index (χ0n) is 25.6. The number of imide groups is 1. The molecule has 11 heteroatoms. The van der Waals surface area contributed by atoms with Crippen LogP contribution in [0.15, 0.2) is 60.7 Å². The summed E-state index contributed by atoms with van der Waals surface area (Å²) in [5, 5.41) is 0.717. The number of piperidine rings is 1. The Morgan fingerprint density at radius 3 is 2.02 bits per heavy atom. The molecular weight excluding hydrogens is 617 g/mol. The maximum atomic E-state index is 14.4. The van der Waals surface area contributed by atoms with E-state index in [1.54, 1.807) is 24.3 Å². The van der Waals surface area contributed by atoms with Gasteiger partial charge in [-0.1, -0.05) is 59.6 Å². The third-order valence-electron chi connectivity index (χ3n) is 9.41. The average molecular weight is 655 g/mol. The number of halogens is 2. The number of rotatable bonds is 10. The minimum atomic E-state index is -1.01. The summed E-state index contributed by atoms with van der Waals surface area (Å²) in [7, 11) is 4.42. The van der Waals surface area contributed by atoms with Crippen LogP contribution in [0.1, 0.15) is 47.2 Å². The largest absolute Gasteiger partial charge is 0.493 e. The highest BCUT2D eigenvalue weighted by molar-refractivity contribution is 6.42. The van der Waals surface area contributed by atoms with E-state index in [0.29, 0.717) is 78.2 Å². The van der Waals surface area contributed by atoms with E-state index < -0.39 is 16.7 Å². The van der Waals surface area contributed by atoms with Crippen molar-refractivity contribution in [3.8, 4) is 17.2 Å². The molecule has 0 bridgehead atoms. The molecule has 0 unspecified atom stereocenters. The van der Waals surface area contributed by atoms with Crippen molar-refractivity contribution in [3.05, 3.63) is 87.4 Å². The van der Waals surface area contributed by atoms with Crippen molar-refractivity contribution in [2.75, 3.05) is 47.5 Å². The van der Waals surface area contributed by atoms with E-state index in [1.807, 2.05) is 36.4 Å². The van der Waals surface area contributed by atoms with E-state index in [-0.39, 0.29) is 23.9 Å². The Morgan fingerprint density at radius 2 is 1.47 bits per heavy atom. The molecule has 0 aliphatic carbocycles. The summed E-state index contributed by atoms with van der Waals surface area (Å²) < 4.78 is 16.3. The van der Waals surface area contributed by atoms with E-state index in [4.69, 9.17) is 43.1 Å². The van der Waals surface area contributed by atoms with Crippen LogP contribution in [0, 0.1) is 0 Å². The topological polar surface area (TPSA) is 111 Å². The summed E-state index contributed by atoms with van der Waals surface area (Å²) in [6, 6.07) is 18.0. The van der Waals surface area contributed by atoms with Crippen LogP contribution in [0.25, 0.3) is 0 Å². The number of carbonyl (C=O) groups excluding carboxylic acids is 3. The lowest BCUT2D eigenvalue weighted by Gasteiger charge is -2.41. The maximum absolute atomic E-state index is 14.4. The smallest absolute Gasteiger partial charge is 0.260 e.